The minimum atomic E-state index is 0.544. The van der Waals surface area contributed by atoms with E-state index in [0.717, 1.165) is 5.56 Å². The second-order valence-electron chi connectivity index (χ2n) is 2.18. The van der Waals surface area contributed by atoms with Gasteiger partial charge in [-0.05, 0) is 18.2 Å². The van der Waals surface area contributed by atoms with Crippen LogP contribution in [0, 0.1) is 6.07 Å². The summed E-state index contributed by atoms with van der Waals surface area (Å²) in [5.41, 5.74) is 0.841. The Labute approximate surface area is 74.0 Å². The van der Waals surface area contributed by atoms with Gasteiger partial charge < -0.3 is 4.52 Å². The van der Waals surface area contributed by atoms with E-state index >= 15 is 0 Å². The summed E-state index contributed by atoms with van der Waals surface area (Å²) in [5, 5.41) is 4.24. The highest BCUT2D eigenvalue weighted by molar-refractivity contribution is 6.30. The fraction of sp³-hybridized carbons (Fsp3) is 0. The molecule has 0 unspecified atom stereocenters. The Morgan fingerprint density at radius 3 is 2.92 bits per heavy atom. The van der Waals surface area contributed by atoms with Gasteiger partial charge in [-0.2, -0.15) is 4.98 Å². The largest absolute Gasteiger partial charge is 0.342 e. The van der Waals surface area contributed by atoms with Crippen molar-refractivity contribution in [3.8, 4) is 11.4 Å². The SMILES string of the molecule is Clc1[c]cc(-c2ncon2)cc1. The molecule has 4 heteroatoms. The van der Waals surface area contributed by atoms with Crippen molar-refractivity contribution in [1.82, 2.24) is 10.1 Å². The van der Waals surface area contributed by atoms with Crippen molar-refractivity contribution in [3.05, 3.63) is 35.7 Å². The molecular formula is C8H4ClN2O. The first-order valence-electron chi connectivity index (χ1n) is 3.30. The number of rotatable bonds is 1. The second kappa shape index (κ2) is 2.95. The highest BCUT2D eigenvalue weighted by Gasteiger charge is 2.01. The topological polar surface area (TPSA) is 38.9 Å². The van der Waals surface area contributed by atoms with E-state index in [2.05, 4.69) is 20.7 Å². The van der Waals surface area contributed by atoms with Gasteiger partial charge in [-0.25, -0.2) is 0 Å². The molecule has 59 valence electrons. The Bertz CT molecular complexity index is 355. The molecule has 0 N–H and O–H groups in total. The monoisotopic (exact) mass is 179 g/mol. The fourth-order valence-corrected chi connectivity index (χ4v) is 0.960. The van der Waals surface area contributed by atoms with Gasteiger partial charge in [-0.1, -0.05) is 16.8 Å². The molecule has 1 heterocycles. The lowest BCUT2D eigenvalue weighted by Gasteiger charge is -1.91. The van der Waals surface area contributed by atoms with Crippen LogP contribution >= 0.6 is 11.6 Å². The van der Waals surface area contributed by atoms with Crippen LogP contribution in [0.4, 0.5) is 0 Å². The van der Waals surface area contributed by atoms with E-state index in [1.807, 2.05) is 6.07 Å². The van der Waals surface area contributed by atoms with E-state index in [1.165, 1.54) is 6.39 Å². The summed E-state index contributed by atoms with van der Waals surface area (Å²) in [6, 6.07) is 8.09. The molecular weight excluding hydrogens is 176 g/mol. The summed E-state index contributed by atoms with van der Waals surface area (Å²) in [4.78, 5) is 3.88. The molecule has 2 rings (SSSR count). The van der Waals surface area contributed by atoms with E-state index < -0.39 is 0 Å². The summed E-state index contributed by atoms with van der Waals surface area (Å²) < 4.78 is 4.59. The van der Waals surface area contributed by atoms with Crippen molar-refractivity contribution in [1.29, 1.82) is 0 Å². The molecule has 0 spiro atoms. The zero-order chi connectivity index (χ0) is 8.39. The van der Waals surface area contributed by atoms with E-state index in [1.54, 1.807) is 12.1 Å². The number of halogens is 1. The molecule has 2 aromatic rings. The highest BCUT2D eigenvalue weighted by Crippen LogP contribution is 2.16. The first-order chi connectivity index (χ1) is 5.86. The predicted octanol–water partition coefficient (Wildman–Crippen LogP) is 2.19. The minimum absolute atomic E-state index is 0.544. The van der Waals surface area contributed by atoms with Gasteiger partial charge in [0.2, 0.25) is 12.2 Å². The lowest BCUT2D eigenvalue weighted by Crippen LogP contribution is -1.78. The smallest absolute Gasteiger partial charge is 0.214 e. The van der Waals surface area contributed by atoms with Gasteiger partial charge in [0.05, 0.1) is 0 Å². The Kier molecular flexibility index (Phi) is 1.80. The minimum Gasteiger partial charge on any atom is -0.342 e. The molecule has 0 atom stereocenters. The molecule has 0 fully saturated rings. The molecule has 0 saturated heterocycles. The van der Waals surface area contributed by atoms with Crippen LogP contribution < -0.4 is 0 Å². The number of hydrogen-bond acceptors (Lipinski definition) is 3. The van der Waals surface area contributed by atoms with Crippen LogP contribution in [0.15, 0.2) is 29.1 Å². The lowest BCUT2D eigenvalue weighted by molar-refractivity contribution is 0.419. The Balaban J connectivity index is 2.43. The maximum absolute atomic E-state index is 5.65. The fourth-order valence-electron chi connectivity index (χ4n) is 0.843. The summed E-state index contributed by atoms with van der Waals surface area (Å²) in [6.07, 6.45) is 1.28. The standard InChI is InChI=1S/C8H4ClN2O/c9-7-3-1-6(2-4-7)8-10-5-12-11-8/h1-3,5H. The first kappa shape index (κ1) is 7.31. The molecule has 1 aromatic carbocycles. The third kappa shape index (κ3) is 1.31. The Hall–Kier alpha value is -1.35. The number of aromatic nitrogens is 2. The second-order valence-corrected chi connectivity index (χ2v) is 2.59. The van der Waals surface area contributed by atoms with E-state index in [4.69, 9.17) is 11.6 Å². The highest BCUT2D eigenvalue weighted by atomic mass is 35.5. The summed E-state index contributed by atoms with van der Waals surface area (Å²) in [5.74, 6) is 0.544. The van der Waals surface area contributed by atoms with Gasteiger partial charge in [-0.15, -0.1) is 0 Å². The van der Waals surface area contributed by atoms with Gasteiger partial charge in [0.25, 0.3) is 0 Å². The molecule has 1 radical (unpaired) electrons. The average molecular weight is 180 g/mol. The van der Waals surface area contributed by atoms with Crippen LogP contribution in [-0.2, 0) is 0 Å². The summed E-state index contributed by atoms with van der Waals surface area (Å²) in [7, 11) is 0. The molecule has 0 aliphatic heterocycles. The molecule has 1 aromatic heterocycles. The van der Waals surface area contributed by atoms with Gasteiger partial charge in [0, 0.05) is 16.7 Å². The third-order valence-corrected chi connectivity index (χ3v) is 1.63. The molecule has 0 aliphatic rings. The molecule has 12 heavy (non-hydrogen) atoms. The van der Waals surface area contributed by atoms with Crippen LogP contribution in [0.25, 0.3) is 11.4 Å². The van der Waals surface area contributed by atoms with Crippen molar-refractivity contribution in [2.75, 3.05) is 0 Å². The molecule has 0 amide bonds. The summed E-state index contributed by atoms with van der Waals surface area (Å²) >= 11 is 5.65. The van der Waals surface area contributed by atoms with Gasteiger partial charge in [0.1, 0.15) is 0 Å². The van der Waals surface area contributed by atoms with E-state index in [-0.39, 0.29) is 0 Å². The molecule has 0 bridgehead atoms. The van der Waals surface area contributed by atoms with Gasteiger partial charge >= 0.3 is 0 Å². The Morgan fingerprint density at radius 2 is 2.33 bits per heavy atom. The van der Waals surface area contributed by atoms with Crippen molar-refractivity contribution in [2.24, 2.45) is 0 Å². The van der Waals surface area contributed by atoms with Crippen LogP contribution in [0.3, 0.4) is 0 Å². The van der Waals surface area contributed by atoms with E-state index in [0.29, 0.717) is 10.8 Å². The maximum atomic E-state index is 5.65. The van der Waals surface area contributed by atoms with Crippen molar-refractivity contribution < 1.29 is 4.52 Å². The Morgan fingerprint density at radius 1 is 1.42 bits per heavy atom. The zero-order valence-electron chi connectivity index (χ0n) is 5.99. The normalized spacial score (nSPS) is 10.1. The quantitative estimate of drug-likeness (QED) is 0.674. The molecule has 0 aliphatic carbocycles. The number of hydrogen-bond donors (Lipinski definition) is 0. The van der Waals surface area contributed by atoms with E-state index in [9.17, 15) is 0 Å². The number of nitrogens with zero attached hydrogens (tertiary/aromatic N) is 2. The van der Waals surface area contributed by atoms with Crippen molar-refractivity contribution in [3.63, 3.8) is 0 Å². The van der Waals surface area contributed by atoms with Crippen LogP contribution in [0.5, 0.6) is 0 Å². The predicted molar refractivity (Wildman–Crippen MR) is 43.6 cm³/mol. The van der Waals surface area contributed by atoms with Crippen LogP contribution in [0.1, 0.15) is 0 Å². The first-order valence-corrected chi connectivity index (χ1v) is 3.68. The molecule has 0 saturated carbocycles. The number of benzene rings is 1. The zero-order valence-corrected chi connectivity index (χ0v) is 6.75. The van der Waals surface area contributed by atoms with Gasteiger partial charge in [0.15, 0.2) is 0 Å². The van der Waals surface area contributed by atoms with Crippen molar-refractivity contribution >= 4 is 11.6 Å². The maximum Gasteiger partial charge on any atom is 0.214 e. The van der Waals surface area contributed by atoms with Crippen LogP contribution in [-0.4, -0.2) is 10.1 Å². The molecule has 3 nitrogen and oxygen atoms in total. The van der Waals surface area contributed by atoms with Crippen molar-refractivity contribution in [2.45, 2.75) is 0 Å². The average Bonchev–Trinajstić information content (AvgIpc) is 2.58. The third-order valence-electron chi connectivity index (χ3n) is 1.39. The van der Waals surface area contributed by atoms with Gasteiger partial charge in [-0.3, -0.25) is 0 Å². The lowest BCUT2D eigenvalue weighted by atomic mass is 10.2. The summed E-state index contributed by atoms with van der Waals surface area (Å²) in [6.45, 7) is 0. The van der Waals surface area contributed by atoms with Crippen LogP contribution in [0.2, 0.25) is 5.02 Å².